The average molecular weight is 348 g/mol. The van der Waals surface area contributed by atoms with Crippen LogP contribution in [0.3, 0.4) is 0 Å². The highest BCUT2D eigenvalue weighted by atomic mass is 19.3. The molecule has 5 nitrogen and oxygen atoms in total. The molecule has 0 fully saturated rings. The molecule has 0 saturated heterocycles. The second-order valence-electron chi connectivity index (χ2n) is 5.38. The van der Waals surface area contributed by atoms with Crippen LogP contribution in [0.4, 0.5) is 17.6 Å². The van der Waals surface area contributed by atoms with E-state index in [1.165, 1.54) is 6.07 Å². The number of ether oxygens (including phenoxy) is 1. The number of carbonyl (C=O) groups is 1. The molecule has 2 N–H and O–H groups in total. The molecule has 0 saturated carbocycles. The molecule has 1 aromatic heterocycles. The molecule has 0 bridgehead atoms. The van der Waals surface area contributed by atoms with E-state index in [9.17, 15) is 22.4 Å². The highest BCUT2D eigenvalue weighted by molar-refractivity contribution is 5.94. The van der Waals surface area contributed by atoms with Gasteiger partial charge in [0.25, 0.3) is 5.91 Å². The van der Waals surface area contributed by atoms with Crippen LogP contribution < -0.4 is 10.1 Å². The van der Waals surface area contributed by atoms with Gasteiger partial charge in [-0.3, -0.25) is 4.79 Å². The standard InChI is InChI=1S/C15H16F4N2O3/c16-14(17)15(18,19)8-24-12-4-2-10(6-20-12)13(23)21-11-3-1-9(5-11)7-22/h1-4,6,9,11,14,22H,5,7-8H2,(H,21,23)/t9-,11+/m0/s1. The fourth-order valence-electron chi connectivity index (χ4n) is 2.10. The van der Waals surface area contributed by atoms with Gasteiger partial charge >= 0.3 is 12.3 Å². The third-order valence-corrected chi connectivity index (χ3v) is 3.45. The Bertz CT molecular complexity index is 593. The van der Waals surface area contributed by atoms with E-state index in [4.69, 9.17) is 5.11 Å². The zero-order chi connectivity index (χ0) is 17.7. The molecule has 2 rings (SSSR count). The predicted molar refractivity (Wildman–Crippen MR) is 76.3 cm³/mol. The molecule has 24 heavy (non-hydrogen) atoms. The van der Waals surface area contributed by atoms with Gasteiger partial charge in [-0.15, -0.1) is 0 Å². The highest BCUT2D eigenvalue weighted by Gasteiger charge is 2.41. The molecule has 1 heterocycles. The SMILES string of the molecule is O=C(N[C@@H]1C=C[C@H](CO)C1)c1ccc(OCC(F)(F)C(F)F)nc1. The van der Waals surface area contributed by atoms with Crippen molar-refractivity contribution in [1.82, 2.24) is 10.3 Å². The van der Waals surface area contributed by atoms with Crippen LogP contribution in [0.2, 0.25) is 0 Å². The summed E-state index contributed by atoms with van der Waals surface area (Å²) in [5.41, 5.74) is 0.170. The molecular weight excluding hydrogens is 332 g/mol. The van der Waals surface area contributed by atoms with Crippen LogP contribution in [-0.4, -0.2) is 47.6 Å². The molecule has 0 unspecified atom stereocenters. The van der Waals surface area contributed by atoms with Crippen molar-refractivity contribution in [1.29, 1.82) is 0 Å². The molecule has 0 aliphatic heterocycles. The molecule has 1 aromatic rings. The number of rotatable bonds is 7. The van der Waals surface area contributed by atoms with Crippen LogP contribution in [0.15, 0.2) is 30.5 Å². The Morgan fingerprint density at radius 3 is 2.71 bits per heavy atom. The van der Waals surface area contributed by atoms with Gasteiger partial charge in [0.05, 0.1) is 5.56 Å². The summed E-state index contributed by atoms with van der Waals surface area (Å²) in [6.07, 6.45) is 1.44. The fraction of sp³-hybridized carbons (Fsp3) is 0.467. The van der Waals surface area contributed by atoms with Crippen molar-refractivity contribution in [2.45, 2.75) is 24.8 Å². The third kappa shape index (κ3) is 4.67. The van der Waals surface area contributed by atoms with E-state index in [0.717, 1.165) is 12.3 Å². The number of halogens is 4. The number of aliphatic hydroxyl groups is 1. The van der Waals surface area contributed by atoms with E-state index in [0.29, 0.717) is 6.42 Å². The molecule has 132 valence electrons. The Morgan fingerprint density at radius 2 is 2.17 bits per heavy atom. The maximum Gasteiger partial charge on any atom is 0.340 e. The Morgan fingerprint density at radius 1 is 1.42 bits per heavy atom. The van der Waals surface area contributed by atoms with Gasteiger partial charge in [0.2, 0.25) is 5.88 Å². The van der Waals surface area contributed by atoms with Gasteiger partial charge in [-0.2, -0.15) is 8.78 Å². The number of hydrogen-bond donors (Lipinski definition) is 2. The van der Waals surface area contributed by atoms with Crippen molar-refractivity contribution in [3.05, 3.63) is 36.0 Å². The topological polar surface area (TPSA) is 71.5 Å². The molecule has 1 aliphatic carbocycles. The first-order valence-electron chi connectivity index (χ1n) is 7.16. The van der Waals surface area contributed by atoms with E-state index >= 15 is 0 Å². The van der Waals surface area contributed by atoms with Crippen molar-refractivity contribution in [2.75, 3.05) is 13.2 Å². The first-order valence-corrected chi connectivity index (χ1v) is 7.16. The van der Waals surface area contributed by atoms with Crippen molar-refractivity contribution >= 4 is 5.91 Å². The zero-order valence-corrected chi connectivity index (χ0v) is 12.5. The Hall–Kier alpha value is -2.16. The molecule has 0 spiro atoms. The predicted octanol–water partition coefficient (Wildman–Crippen LogP) is 2.03. The summed E-state index contributed by atoms with van der Waals surface area (Å²) >= 11 is 0. The second kappa shape index (κ2) is 7.61. The maximum absolute atomic E-state index is 12.7. The van der Waals surface area contributed by atoms with Crippen LogP contribution in [0.5, 0.6) is 5.88 Å². The minimum atomic E-state index is -4.27. The van der Waals surface area contributed by atoms with Gasteiger partial charge in [-0.25, -0.2) is 13.8 Å². The Kier molecular flexibility index (Phi) is 5.76. The van der Waals surface area contributed by atoms with E-state index < -0.39 is 24.9 Å². The monoisotopic (exact) mass is 348 g/mol. The Balaban J connectivity index is 1.87. The van der Waals surface area contributed by atoms with Crippen LogP contribution in [0, 0.1) is 5.92 Å². The van der Waals surface area contributed by atoms with Gasteiger partial charge in [0.15, 0.2) is 6.61 Å². The minimum absolute atomic E-state index is 0.000285. The van der Waals surface area contributed by atoms with Gasteiger partial charge in [-0.05, 0) is 12.5 Å². The summed E-state index contributed by atoms with van der Waals surface area (Å²) in [6.45, 7) is -1.50. The number of carbonyl (C=O) groups excluding carboxylic acids is 1. The van der Waals surface area contributed by atoms with Crippen LogP contribution in [-0.2, 0) is 0 Å². The first-order chi connectivity index (χ1) is 11.3. The number of aliphatic hydroxyl groups excluding tert-OH is 1. The number of aromatic nitrogens is 1. The van der Waals surface area contributed by atoms with Crippen molar-refractivity contribution < 1.29 is 32.2 Å². The number of alkyl halides is 4. The second-order valence-corrected chi connectivity index (χ2v) is 5.38. The lowest BCUT2D eigenvalue weighted by Gasteiger charge is -2.15. The van der Waals surface area contributed by atoms with Crippen molar-refractivity contribution in [2.24, 2.45) is 5.92 Å². The molecule has 0 aromatic carbocycles. The average Bonchev–Trinajstić information content (AvgIpc) is 3.01. The van der Waals surface area contributed by atoms with Crippen molar-refractivity contribution in [3.63, 3.8) is 0 Å². The lowest BCUT2D eigenvalue weighted by molar-refractivity contribution is -0.148. The molecule has 1 amide bonds. The first kappa shape index (κ1) is 18.2. The van der Waals surface area contributed by atoms with Crippen LogP contribution in [0.25, 0.3) is 0 Å². The summed E-state index contributed by atoms with van der Waals surface area (Å²) in [6, 6.07) is 2.23. The van der Waals surface area contributed by atoms with E-state index in [2.05, 4.69) is 15.0 Å². The fourth-order valence-corrected chi connectivity index (χ4v) is 2.10. The lowest BCUT2D eigenvalue weighted by Crippen LogP contribution is -2.34. The van der Waals surface area contributed by atoms with Gasteiger partial charge in [0, 0.05) is 30.8 Å². The molecule has 0 radical (unpaired) electrons. The van der Waals surface area contributed by atoms with Gasteiger partial charge < -0.3 is 15.2 Å². The van der Waals surface area contributed by atoms with Gasteiger partial charge in [0.1, 0.15) is 0 Å². The summed E-state index contributed by atoms with van der Waals surface area (Å²) in [7, 11) is 0. The molecule has 1 aliphatic rings. The van der Waals surface area contributed by atoms with E-state index in [1.54, 1.807) is 6.08 Å². The van der Waals surface area contributed by atoms with E-state index in [1.807, 2.05) is 6.08 Å². The number of hydrogen-bond acceptors (Lipinski definition) is 4. The number of nitrogens with zero attached hydrogens (tertiary/aromatic N) is 1. The quantitative estimate of drug-likeness (QED) is 0.584. The highest BCUT2D eigenvalue weighted by Crippen LogP contribution is 2.23. The lowest BCUT2D eigenvalue weighted by atomic mass is 10.1. The number of pyridine rings is 1. The summed E-state index contributed by atoms with van der Waals surface area (Å²) in [5.74, 6) is -4.98. The minimum Gasteiger partial charge on any atom is -0.471 e. The van der Waals surface area contributed by atoms with Crippen LogP contribution >= 0.6 is 0 Å². The zero-order valence-electron chi connectivity index (χ0n) is 12.5. The summed E-state index contributed by atoms with van der Waals surface area (Å²) in [4.78, 5) is 15.7. The van der Waals surface area contributed by atoms with Gasteiger partial charge in [-0.1, -0.05) is 12.2 Å². The van der Waals surface area contributed by atoms with E-state index in [-0.39, 0.29) is 30.0 Å². The molecular formula is C15H16F4N2O3. The normalized spacial score (nSPS) is 20.4. The maximum atomic E-state index is 12.7. The van der Waals surface area contributed by atoms with Crippen LogP contribution in [0.1, 0.15) is 16.8 Å². The molecule has 9 heteroatoms. The summed E-state index contributed by atoms with van der Waals surface area (Å²) < 4.78 is 54.0. The third-order valence-electron chi connectivity index (χ3n) is 3.45. The van der Waals surface area contributed by atoms with Crippen molar-refractivity contribution in [3.8, 4) is 5.88 Å². The number of nitrogens with one attached hydrogen (secondary N) is 1. The smallest absolute Gasteiger partial charge is 0.340 e. The largest absolute Gasteiger partial charge is 0.471 e. The summed E-state index contributed by atoms with van der Waals surface area (Å²) in [5, 5.41) is 11.7. The number of amides is 1. The molecule has 2 atom stereocenters. The Labute approximate surface area is 135 Å².